The summed E-state index contributed by atoms with van der Waals surface area (Å²) >= 11 is 0. The lowest BCUT2D eigenvalue weighted by molar-refractivity contribution is 0.268. The van der Waals surface area contributed by atoms with Crippen LogP contribution in [0.2, 0.25) is 0 Å². The number of nitrogens with one attached hydrogen (secondary N) is 1. The zero-order valence-corrected chi connectivity index (χ0v) is 20.6. The lowest BCUT2D eigenvalue weighted by Crippen LogP contribution is -2.15. The minimum Gasteiger partial charge on any atom is -0.493 e. The van der Waals surface area contributed by atoms with Crippen molar-refractivity contribution in [3.8, 4) is 17.2 Å². The van der Waals surface area contributed by atoms with Crippen LogP contribution in [0.4, 0.5) is 11.5 Å². The Kier molecular flexibility index (Phi) is 7.95. The Morgan fingerprint density at radius 1 is 0.914 bits per heavy atom. The summed E-state index contributed by atoms with van der Waals surface area (Å²) < 4.78 is 17.5. The molecule has 2 aromatic heterocycles. The summed E-state index contributed by atoms with van der Waals surface area (Å²) in [5, 5.41) is 4.26. The number of aryl methyl sites for hydroxylation is 1. The molecule has 1 N–H and O–H groups in total. The molecule has 4 aromatic rings. The minimum absolute atomic E-state index is 0.421. The number of methoxy groups -OCH3 is 1. The third-order valence-electron chi connectivity index (χ3n) is 5.47. The van der Waals surface area contributed by atoms with Crippen molar-refractivity contribution in [3.05, 3.63) is 72.3 Å². The number of fused-ring (bicyclic) bond motifs is 1. The van der Waals surface area contributed by atoms with E-state index >= 15 is 0 Å². The number of aromatic nitrogens is 3. The van der Waals surface area contributed by atoms with Crippen molar-refractivity contribution in [2.24, 2.45) is 0 Å². The van der Waals surface area contributed by atoms with Gasteiger partial charge in [-0.15, -0.1) is 0 Å². The van der Waals surface area contributed by atoms with Crippen LogP contribution in [-0.4, -0.2) is 54.2 Å². The summed E-state index contributed by atoms with van der Waals surface area (Å²) in [7, 11) is 5.73. The first kappa shape index (κ1) is 24.2. The van der Waals surface area contributed by atoms with Crippen LogP contribution < -0.4 is 19.5 Å². The van der Waals surface area contributed by atoms with E-state index in [9.17, 15) is 0 Å². The smallest absolute Gasteiger partial charge is 0.162 e. The highest BCUT2D eigenvalue weighted by atomic mass is 16.5. The Balaban J connectivity index is 1.52. The summed E-state index contributed by atoms with van der Waals surface area (Å²) in [5.41, 5.74) is 3.57. The molecule has 0 radical (unpaired) electrons. The van der Waals surface area contributed by atoms with E-state index in [1.807, 2.05) is 69.6 Å². The van der Waals surface area contributed by atoms with E-state index in [1.54, 1.807) is 19.6 Å². The molecule has 8 nitrogen and oxygen atoms in total. The lowest BCUT2D eigenvalue weighted by atomic mass is 10.1. The van der Waals surface area contributed by atoms with Gasteiger partial charge in [-0.1, -0.05) is 6.07 Å². The molecule has 0 unspecified atom stereocenters. The van der Waals surface area contributed by atoms with Gasteiger partial charge >= 0.3 is 0 Å². The molecule has 2 aromatic carbocycles. The average Bonchev–Trinajstić information content (AvgIpc) is 2.86. The first-order valence-corrected chi connectivity index (χ1v) is 11.5. The third-order valence-corrected chi connectivity index (χ3v) is 5.47. The first-order valence-electron chi connectivity index (χ1n) is 11.5. The summed E-state index contributed by atoms with van der Waals surface area (Å²) in [6, 6.07) is 15.6. The van der Waals surface area contributed by atoms with Crippen molar-refractivity contribution in [1.82, 2.24) is 19.9 Å². The van der Waals surface area contributed by atoms with Gasteiger partial charge in [-0.25, -0.2) is 9.97 Å². The predicted octanol–water partition coefficient (Wildman–Crippen LogP) is 4.99. The number of pyridine rings is 1. The van der Waals surface area contributed by atoms with Gasteiger partial charge in [0, 0.05) is 29.9 Å². The molecule has 2 heterocycles. The van der Waals surface area contributed by atoms with Gasteiger partial charge in [-0.2, -0.15) is 0 Å². The van der Waals surface area contributed by atoms with Crippen LogP contribution in [0.25, 0.3) is 10.9 Å². The lowest BCUT2D eigenvalue weighted by Gasteiger charge is -2.15. The van der Waals surface area contributed by atoms with Crippen LogP contribution >= 0.6 is 0 Å². The minimum atomic E-state index is 0.421. The zero-order valence-electron chi connectivity index (χ0n) is 20.6. The Bertz CT molecular complexity index is 1260. The highest BCUT2D eigenvalue weighted by Crippen LogP contribution is 2.35. The van der Waals surface area contributed by atoms with Crippen LogP contribution in [0.5, 0.6) is 17.2 Å². The van der Waals surface area contributed by atoms with Crippen molar-refractivity contribution in [3.63, 3.8) is 0 Å². The molecule has 0 atom stereocenters. The fourth-order valence-electron chi connectivity index (χ4n) is 3.66. The van der Waals surface area contributed by atoms with Gasteiger partial charge in [0.05, 0.1) is 24.9 Å². The highest BCUT2D eigenvalue weighted by molar-refractivity contribution is 5.93. The van der Waals surface area contributed by atoms with E-state index in [4.69, 9.17) is 14.2 Å². The Morgan fingerprint density at radius 3 is 2.54 bits per heavy atom. The first-order chi connectivity index (χ1) is 17.0. The van der Waals surface area contributed by atoms with Crippen molar-refractivity contribution in [2.75, 3.05) is 39.7 Å². The highest BCUT2D eigenvalue weighted by Gasteiger charge is 2.13. The average molecular weight is 474 g/mol. The van der Waals surface area contributed by atoms with E-state index in [2.05, 4.69) is 25.2 Å². The maximum absolute atomic E-state index is 6.03. The van der Waals surface area contributed by atoms with Gasteiger partial charge in [0.15, 0.2) is 11.5 Å². The Morgan fingerprint density at radius 2 is 1.80 bits per heavy atom. The summed E-state index contributed by atoms with van der Waals surface area (Å²) in [6.07, 6.45) is 4.22. The van der Waals surface area contributed by atoms with Crippen molar-refractivity contribution in [2.45, 2.75) is 20.0 Å². The SMILES string of the molecule is COc1cc2ncnc(Nc3ccc(OCc4ccccn4)c(C)c3)c2cc1OCCCN(C)C. The molecule has 4 rings (SSSR count). The standard InChI is InChI=1S/C27H31N5O3/c1-19-14-20(9-10-24(19)35-17-21-8-5-6-11-28-21)31-27-22-15-26(34-13-7-12-32(2)3)25(33-4)16-23(22)29-18-30-27/h5-6,8-11,14-16,18H,7,12-13,17H2,1-4H3,(H,29,30,31). The quantitative estimate of drug-likeness (QED) is 0.305. The fourth-order valence-corrected chi connectivity index (χ4v) is 3.66. The number of ether oxygens (including phenoxy) is 3. The number of hydrogen-bond donors (Lipinski definition) is 1. The molecule has 8 heteroatoms. The van der Waals surface area contributed by atoms with Gasteiger partial charge < -0.3 is 24.4 Å². The monoisotopic (exact) mass is 473 g/mol. The molecule has 0 aliphatic carbocycles. The van der Waals surface area contributed by atoms with E-state index in [0.29, 0.717) is 30.5 Å². The van der Waals surface area contributed by atoms with E-state index in [-0.39, 0.29) is 0 Å². The Labute approximate surface area is 205 Å². The maximum atomic E-state index is 6.03. The molecule has 0 saturated heterocycles. The van der Waals surface area contributed by atoms with Gasteiger partial charge in [-0.3, -0.25) is 4.98 Å². The normalized spacial score (nSPS) is 11.0. The zero-order chi connectivity index (χ0) is 24.6. The van der Waals surface area contributed by atoms with Gasteiger partial charge in [0.25, 0.3) is 0 Å². The van der Waals surface area contributed by atoms with E-state index in [0.717, 1.165) is 46.6 Å². The molecular weight excluding hydrogens is 442 g/mol. The van der Waals surface area contributed by atoms with E-state index in [1.165, 1.54) is 0 Å². The molecule has 0 spiro atoms. The molecule has 0 aliphatic rings. The predicted molar refractivity (Wildman–Crippen MR) is 138 cm³/mol. The van der Waals surface area contributed by atoms with E-state index < -0.39 is 0 Å². The summed E-state index contributed by atoms with van der Waals surface area (Å²) in [5.74, 6) is 2.83. The number of anilines is 2. The Hall–Kier alpha value is -3.91. The number of nitrogens with zero attached hydrogens (tertiary/aromatic N) is 4. The van der Waals surface area contributed by atoms with Crippen LogP contribution in [0.3, 0.4) is 0 Å². The topological polar surface area (TPSA) is 81.6 Å². The van der Waals surface area contributed by atoms with Crippen LogP contribution in [0, 0.1) is 6.92 Å². The molecule has 35 heavy (non-hydrogen) atoms. The van der Waals surface area contributed by atoms with Crippen LogP contribution in [0.1, 0.15) is 17.7 Å². The summed E-state index contributed by atoms with van der Waals surface area (Å²) in [6.45, 7) is 3.98. The van der Waals surface area contributed by atoms with Gasteiger partial charge in [0.2, 0.25) is 0 Å². The molecule has 0 fully saturated rings. The second-order valence-electron chi connectivity index (χ2n) is 8.46. The van der Waals surface area contributed by atoms with Crippen LogP contribution in [0.15, 0.2) is 61.1 Å². The van der Waals surface area contributed by atoms with Crippen molar-refractivity contribution < 1.29 is 14.2 Å². The third kappa shape index (κ3) is 6.36. The fraction of sp³-hybridized carbons (Fsp3) is 0.296. The molecule has 0 bridgehead atoms. The van der Waals surface area contributed by atoms with Crippen molar-refractivity contribution >= 4 is 22.4 Å². The molecule has 0 amide bonds. The maximum Gasteiger partial charge on any atom is 0.162 e. The largest absolute Gasteiger partial charge is 0.493 e. The van der Waals surface area contributed by atoms with Gasteiger partial charge in [0.1, 0.15) is 24.5 Å². The second kappa shape index (κ2) is 11.5. The molecule has 0 saturated carbocycles. The number of hydrogen-bond acceptors (Lipinski definition) is 8. The number of rotatable bonds is 11. The second-order valence-corrected chi connectivity index (χ2v) is 8.46. The van der Waals surface area contributed by atoms with Crippen LogP contribution in [-0.2, 0) is 6.61 Å². The molecule has 182 valence electrons. The number of benzene rings is 2. The van der Waals surface area contributed by atoms with Gasteiger partial charge in [-0.05, 0) is 69.4 Å². The summed E-state index contributed by atoms with van der Waals surface area (Å²) in [4.78, 5) is 15.3. The molecule has 0 aliphatic heterocycles. The molecular formula is C27H31N5O3. The van der Waals surface area contributed by atoms with Crippen molar-refractivity contribution in [1.29, 1.82) is 0 Å².